The standard InChI is InChI=1S/C21H34ClN5O2/c1-5-27-12-6-7-17(27)14-24-21(25-15-20(28)26(2)3)23-11-10-16-8-9-18(29-4)13-19(16)22/h8-9,13,17H,5-7,10-12,14-15H2,1-4H3,(H2,23,24,25). The van der Waals surface area contributed by atoms with E-state index in [9.17, 15) is 4.79 Å². The number of carbonyl (C=O) groups is 1. The van der Waals surface area contributed by atoms with Crippen LogP contribution in [0.25, 0.3) is 0 Å². The number of amides is 1. The number of likely N-dealkylation sites (tertiary alicyclic amines) is 1. The first-order chi connectivity index (χ1) is 13.9. The summed E-state index contributed by atoms with van der Waals surface area (Å²) < 4.78 is 5.20. The second-order valence-corrected chi connectivity index (χ2v) is 7.80. The molecule has 8 heteroatoms. The molecule has 1 heterocycles. The third-order valence-corrected chi connectivity index (χ3v) is 5.58. The summed E-state index contributed by atoms with van der Waals surface area (Å²) in [6, 6.07) is 6.20. The number of likely N-dealkylation sites (N-methyl/N-ethyl adjacent to an activating group) is 2. The van der Waals surface area contributed by atoms with Gasteiger partial charge in [-0.1, -0.05) is 24.6 Å². The average Bonchev–Trinajstić information content (AvgIpc) is 3.17. The van der Waals surface area contributed by atoms with Crippen LogP contribution >= 0.6 is 11.6 Å². The Morgan fingerprint density at radius 3 is 2.83 bits per heavy atom. The summed E-state index contributed by atoms with van der Waals surface area (Å²) in [6.45, 7) is 6.00. The summed E-state index contributed by atoms with van der Waals surface area (Å²) in [5.74, 6) is 1.38. The molecule has 1 aliphatic rings. The zero-order valence-electron chi connectivity index (χ0n) is 18.0. The lowest BCUT2D eigenvalue weighted by Gasteiger charge is -2.24. The van der Waals surface area contributed by atoms with Gasteiger partial charge in [0.15, 0.2) is 5.96 Å². The molecule has 2 N–H and O–H groups in total. The number of halogens is 1. The number of aliphatic imine (C=N–C) groups is 1. The molecule has 1 fully saturated rings. The molecule has 0 saturated carbocycles. The van der Waals surface area contributed by atoms with E-state index in [-0.39, 0.29) is 12.5 Å². The smallest absolute Gasteiger partial charge is 0.243 e. The monoisotopic (exact) mass is 423 g/mol. The van der Waals surface area contributed by atoms with Crippen LogP contribution in [-0.2, 0) is 11.2 Å². The number of nitrogens with one attached hydrogen (secondary N) is 2. The van der Waals surface area contributed by atoms with Crippen LogP contribution in [0.15, 0.2) is 23.2 Å². The fourth-order valence-corrected chi connectivity index (χ4v) is 3.66. The molecule has 29 heavy (non-hydrogen) atoms. The van der Waals surface area contributed by atoms with E-state index in [0.717, 1.165) is 37.4 Å². The zero-order chi connectivity index (χ0) is 21.2. The minimum absolute atomic E-state index is 0.0275. The molecule has 1 aliphatic heterocycles. The molecule has 1 amide bonds. The van der Waals surface area contributed by atoms with Crippen LogP contribution < -0.4 is 15.4 Å². The second-order valence-electron chi connectivity index (χ2n) is 7.39. The summed E-state index contributed by atoms with van der Waals surface area (Å²) >= 11 is 6.33. The Bertz CT molecular complexity index is 696. The summed E-state index contributed by atoms with van der Waals surface area (Å²) in [4.78, 5) is 20.4. The summed E-state index contributed by atoms with van der Waals surface area (Å²) in [6.07, 6.45) is 3.16. The van der Waals surface area contributed by atoms with E-state index in [2.05, 4.69) is 27.4 Å². The molecule has 1 atom stereocenters. The first kappa shape index (κ1) is 23.3. The van der Waals surface area contributed by atoms with Crippen molar-refractivity contribution in [3.05, 3.63) is 28.8 Å². The van der Waals surface area contributed by atoms with E-state index in [1.165, 1.54) is 12.8 Å². The molecule has 1 aromatic rings. The average molecular weight is 424 g/mol. The quantitative estimate of drug-likeness (QED) is 0.469. The molecule has 162 valence electrons. The largest absolute Gasteiger partial charge is 0.497 e. The van der Waals surface area contributed by atoms with Gasteiger partial charge in [-0.25, -0.2) is 4.99 Å². The van der Waals surface area contributed by atoms with Crippen LogP contribution in [0.4, 0.5) is 0 Å². The van der Waals surface area contributed by atoms with Crippen molar-refractivity contribution in [1.82, 2.24) is 20.4 Å². The van der Waals surface area contributed by atoms with Gasteiger partial charge in [0.25, 0.3) is 0 Å². The Labute approximate surface area is 179 Å². The molecule has 1 saturated heterocycles. The highest BCUT2D eigenvalue weighted by molar-refractivity contribution is 6.31. The predicted octanol–water partition coefficient (Wildman–Crippen LogP) is 2.00. The Morgan fingerprint density at radius 2 is 2.17 bits per heavy atom. The fraction of sp³-hybridized carbons (Fsp3) is 0.619. The highest BCUT2D eigenvalue weighted by atomic mass is 35.5. The van der Waals surface area contributed by atoms with Crippen LogP contribution in [-0.4, -0.2) is 81.6 Å². The Kier molecular flexibility index (Phi) is 9.54. The van der Waals surface area contributed by atoms with Crippen molar-refractivity contribution in [1.29, 1.82) is 0 Å². The molecule has 0 aliphatic carbocycles. The van der Waals surface area contributed by atoms with Crippen molar-refractivity contribution in [2.75, 3.05) is 53.9 Å². The van der Waals surface area contributed by atoms with Gasteiger partial charge < -0.3 is 20.3 Å². The number of rotatable bonds is 9. The van der Waals surface area contributed by atoms with Crippen molar-refractivity contribution in [2.24, 2.45) is 4.99 Å². The minimum atomic E-state index is -0.0275. The lowest BCUT2D eigenvalue weighted by atomic mass is 10.1. The van der Waals surface area contributed by atoms with Gasteiger partial charge in [0.1, 0.15) is 12.3 Å². The molecule has 7 nitrogen and oxygen atoms in total. The van der Waals surface area contributed by atoms with E-state index < -0.39 is 0 Å². The van der Waals surface area contributed by atoms with E-state index >= 15 is 0 Å². The maximum absolute atomic E-state index is 11.9. The van der Waals surface area contributed by atoms with Crippen molar-refractivity contribution in [2.45, 2.75) is 32.2 Å². The Morgan fingerprint density at radius 1 is 1.38 bits per heavy atom. The zero-order valence-corrected chi connectivity index (χ0v) is 18.8. The van der Waals surface area contributed by atoms with Gasteiger partial charge in [0.2, 0.25) is 5.91 Å². The van der Waals surface area contributed by atoms with Gasteiger partial charge in [0.05, 0.1) is 7.11 Å². The van der Waals surface area contributed by atoms with Gasteiger partial charge in [-0.15, -0.1) is 0 Å². The highest BCUT2D eigenvalue weighted by Crippen LogP contribution is 2.22. The summed E-state index contributed by atoms with van der Waals surface area (Å²) in [5, 5.41) is 7.43. The lowest BCUT2D eigenvalue weighted by molar-refractivity contribution is -0.127. The molecular weight excluding hydrogens is 390 g/mol. The number of guanidine groups is 1. The number of hydrogen-bond donors (Lipinski definition) is 2. The van der Waals surface area contributed by atoms with Gasteiger partial charge in [-0.3, -0.25) is 9.69 Å². The minimum Gasteiger partial charge on any atom is -0.497 e. The van der Waals surface area contributed by atoms with Crippen molar-refractivity contribution >= 4 is 23.5 Å². The normalized spacial score (nSPS) is 17.3. The van der Waals surface area contributed by atoms with Crippen LogP contribution in [0.5, 0.6) is 5.75 Å². The number of methoxy groups -OCH3 is 1. The van der Waals surface area contributed by atoms with Crippen molar-refractivity contribution in [3.8, 4) is 5.75 Å². The molecule has 0 radical (unpaired) electrons. The third-order valence-electron chi connectivity index (χ3n) is 5.23. The molecule has 1 unspecified atom stereocenters. The van der Waals surface area contributed by atoms with Gasteiger partial charge in [-0.2, -0.15) is 0 Å². The lowest BCUT2D eigenvalue weighted by Crippen LogP contribution is -2.45. The summed E-state index contributed by atoms with van der Waals surface area (Å²) in [7, 11) is 5.10. The topological polar surface area (TPSA) is 69.2 Å². The number of nitrogens with zero attached hydrogens (tertiary/aromatic N) is 3. The highest BCUT2D eigenvalue weighted by Gasteiger charge is 2.22. The van der Waals surface area contributed by atoms with E-state index in [4.69, 9.17) is 16.3 Å². The number of carbonyl (C=O) groups excluding carboxylic acids is 1. The number of hydrogen-bond acceptors (Lipinski definition) is 4. The van der Waals surface area contributed by atoms with Crippen LogP contribution in [0.1, 0.15) is 25.3 Å². The van der Waals surface area contributed by atoms with Crippen LogP contribution in [0.2, 0.25) is 5.02 Å². The molecule has 0 aromatic heterocycles. The SMILES string of the molecule is CCN1CCCC1CNC(=NCC(=O)N(C)C)NCCc1ccc(OC)cc1Cl. The molecular formula is C21H34ClN5O2. The van der Waals surface area contributed by atoms with Gasteiger partial charge in [-0.05, 0) is 50.0 Å². The van der Waals surface area contributed by atoms with Crippen molar-refractivity contribution in [3.63, 3.8) is 0 Å². The Balaban J connectivity index is 1.93. The summed E-state index contributed by atoms with van der Waals surface area (Å²) in [5.41, 5.74) is 1.04. The van der Waals surface area contributed by atoms with E-state index in [1.807, 2.05) is 18.2 Å². The number of ether oxygens (including phenoxy) is 1. The molecule has 0 bridgehead atoms. The van der Waals surface area contributed by atoms with E-state index in [0.29, 0.717) is 23.6 Å². The maximum atomic E-state index is 11.9. The third kappa shape index (κ3) is 7.40. The first-order valence-corrected chi connectivity index (χ1v) is 10.6. The van der Waals surface area contributed by atoms with Crippen LogP contribution in [0, 0.1) is 0 Å². The van der Waals surface area contributed by atoms with E-state index in [1.54, 1.807) is 26.1 Å². The van der Waals surface area contributed by atoms with Crippen molar-refractivity contribution < 1.29 is 9.53 Å². The molecule has 1 aromatic carbocycles. The second kappa shape index (κ2) is 11.9. The fourth-order valence-electron chi connectivity index (χ4n) is 3.39. The first-order valence-electron chi connectivity index (χ1n) is 10.2. The van der Waals surface area contributed by atoms with Crippen LogP contribution in [0.3, 0.4) is 0 Å². The van der Waals surface area contributed by atoms with Gasteiger partial charge in [0, 0.05) is 38.2 Å². The van der Waals surface area contributed by atoms with Gasteiger partial charge >= 0.3 is 0 Å². The number of benzene rings is 1. The Hall–Kier alpha value is -1.99. The maximum Gasteiger partial charge on any atom is 0.243 e. The molecule has 2 rings (SSSR count). The predicted molar refractivity (Wildman–Crippen MR) is 119 cm³/mol. The molecule has 0 spiro atoms.